The number of aliphatic carboxylic acids is 1. The van der Waals surface area contributed by atoms with Gasteiger partial charge in [0.1, 0.15) is 6.04 Å². The summed E-state index contributed by atoms with van der Waals surface area (Å²) in [5.74, 6) is -0.558. The predicted octanol–water partition coefficient (Wildman–Crippen LogP) is 2.89. The number of rotatable bonds is 9. The van der Waals surface area contributed by atoms with Gasteiger partial charge < -0.3 is 19.9 Å². The minimum atomic E-state index is -2.93. The molecule has 7 heteroatoms. The van der Waals surface area contributed by atoms with Gasteiger partial charge in [-0.15, -0.1) is 0 Å². The number of carboxylic acid groups (broad SMARTS) is 1. The van der Waals surface area contributed by atoms with E-state index in [2.05, 4.69) is 10.1 Å². The first-order chi connectivity index (χ1) is 10.3. The molecule has 1 atom stereocenters. The van der Waals surface area contributed by atoms with Crippen molar-refractivity contribution in [1.29, 1.82) is 0 Å². The van der Waals surface area contributed by atoms with Gasteiger partial charge in [-0.1, -0.05) is 19.9 Å². The molecule has 124 valence electrons. The van der Waals surface area contributed by atoms with Gasteiger partial charge in [0, 0.05) is 6.54 Å². The lowest BCUT2D eigenvalue weighted by Gasteiger charge is -2.17. The lowest BCUT2D eigenvalue weighted by Crippen LogP contribution is -2.37. The third-order valence-electron chi connectivity index (χ3n) is 3.00. The van der Waals surface area contributed by atoms with Crippen molar-refractivity contribution in [3.63, 3.8) is 0 Å². The molecule has 0 saturated heterocycles. The largest absolute Gasteiger partial charge is 0.493 e. The number of carbonyl (C=O) groups is 1. The first kappa shape index (κ1) is 18.2. The summed E-state index contributed by atoms with van der Waals surface area (Å²) in [6.07, 6.45) is 0.499. The Kier molecular flexibility index (Phi) is 7.04. The summed E-state index contributed by atoms with van der Waals surface area (Å²) < 4.78 is 33.8. The Morgan fingerprint density at radius 1 is 1.32 bits per heavy atom. The van der Waals surface area contributed by atoms with Crippen LogP contribution in [0.25, 0.3) is 0 Å². The second-order valence-electron chi connectivity index (χ2n) is 5.26. The molecule has 0 amide bonds. The molecule has 0 unspecified atom stereocenters. The Morgan fingerprint density at radius 3 is 2.50 bits per heavy atom. The molecule has 0 radical (unpaired) electrons. The molecule has 0 aromatic heterocycles. The van der Waals surface area contributed by atoms with E-state index in [9.17, 15) is 13.6 Å². The maximum absolute atomic E-state index is 12.2. The van der Waals surface area contributed by atoms with Crippen LogP contribution >= 0.6 is 0 Å². The molecule has 1 aromatic rings. The van der Waals surface area contributed by atoms with E-state index >= 15 is 0 Å². The number of ether oxygens (including phenoxy) is 2. The zero-order chi connectivity index (χ0) is 16.7. The van der Waals surface area contributed by atoms with Crippen LogP contribution in [0.4, 0.5) is 8.78 Å². The van der Waals surface area contributed by atoms with Crippen molar-refractivity contribution in [3.05, 3.63) is 23.8 Å². The minimum Gasteiger partial charge on any atom is -0.493 e. The molecule has 1 aromatic carbocycles. The van der Waals surface area contributed by atoms with E-state index < -0.39 is 18.6 Å². The first-order valence-electron chi connectivity index (χ1n) is 6.91. The molecule has 0 aliphatic carbocycles. The van der Waals surface area contributed by atoms with Crippen molar-refractivity contribution >= 4 is 5.97 Å². The van der Waals surface area contributed by atoms with Crippen LogP contribution in [0.1, 0.15) is 25.8 Å². The van der Waals surface area contributed by atoms with Gasteiger partial charge in [0.05, 0.1) is 7.11 Å². The number of alkyl halides is 2. The number of hydrogen-bond acceptors (Lipinski definition) is 4. The summed E-state index contributed by atoms with van der Waals surface area (Å²) in [6.45, 7) is 1.24. The Morgan fingerprint density at radius 2 is 2.00 bits per heavy atom. The quantitative estimate of drug-likeness (QED) is 0.733. The molecule has 0 fully saturated rings. The van der Waals surface area contributed by atoms with Crippen LogP contribution in [0.15, 0.2) is 18.2 Å². The highest BCUT2D eigenvalue weighted by Crippen LogP contribution is 2.29. The molecule has 0 spiro atoms. The molecule has 0 aliphatic heterocycles. The van der Waals surface area contributed by atoms with Crippen LogP contribution in [0.5, 0.6) is 11.5 Å². The summed E-state index contributed by atoms with van der Waals surface area (Å²) in [7, 11) is 1.35. The lowest BCUT2D eigenvalue weighted by molar-refractivity contribution is -0.140. The molecule has 22 heavy (non-hydrogen) atoms. The average molecular weight is 317 g/mol. The fourth-order valence-corrected chi connectivity index (χ4v) is 2.00. The highest BCUT2D eigenvalue weighted by Gasteiger charge is 2.18. The fourth-order valence-electron chi connectivity index (χ4n) is 2.00. The molecular weight excluding hydrogens is 296 g/mol. The summed E-state index contributed by atoms with van der Waals surface area (Å²) in [5.41, 5.74) is 0.716. The Bertz CT molecular complexity index is 494. The highest BCUT2D eigenvalue weighted by atomic mass is 19.3. The second kappa shape index (κ2) is 8.53. The molecular formula is C15H21F2NO4. The van der Waals surface area contributed by atoms with Crippen LogP contribution in [-0.4, -0.2) is 30.8 Å². The molecule has 1 rings (SSSR count). The number of hydrogen-bond donors (Lipinski definition) is 2. The van der Waals surface area contributed by atoms with Gasteiger partial charge >= 0.3 is 12.6 Å². The zero-order valence-corrected chi connectivity index (χ0v) is 12.8. The third-order valence-corrected chi connectivity index (χ3v) is 3.00. The van der Waals surface area contributed by atoms with E-state index in [0.29, 0.717) is 12.0 Å². The normalized spacial score (nSPS) is 12.5. The smallest absolute Gasteiger partial charge is 0.387 e. The van der Waals surface area contributed by atoms with Gasteiger partial charge in [0.15, 0.2) is 11.5 Å². The summed E-state index contributed by atoms with van der Waals surface area (Å²) >= 11 is 0. The van der Waals surface area contributed by atoms with Crippen LogP contribution in [0.2, 0.25) is 0 Å². The lowest BCUT2D eigenvalue weighted by atomic mass is 10.0. The van der Waals surface area contributed by atoms with Gasteiger partial charge in [-0.2, -0.15) is 8.78 Å². The van der Waals surface area contributed by atoms with Gasteiger partial charge in [-0.25, -0.2) is 0 Å². The number of halogens is 2. The Labute approximate surface area is 128 Å². The van der Waals surface area contributed by atoms with E-state index in [1.165, 1.54) is 13.2 Å². The molecule has 2 N–H and O–H groups in total. The number of benzene rings is 1. The van der Waals surface area contributed by atoms with Crippen LogP contribution in [0, 0.1) is 5.92 Å². The molecule has 0 aliphatic rings. The SMILES string of the molecule is COc1cc(CN[C@@H](CC(C)C)C(=O)O)ccc1OC(F)F. The molecule has 5 nitrogen and oxygen atoms in total. The Hall–Kier alpha value is -1.89. The van der Waals surface area contributed by atoms with E-state index in [0.717, 1.165) is 0 Å². The van der Waals surface area contributed by atoms with Crippen LogP contribution in [0.3, 0.4) is 0 Å². The summed E-state index contributed by atoms with van der Waals surface area (Å²) in [5, 5.41) is 12.1. The molecule has 0 bridgehead atoms. The standard InChI is InChI=1S/C15H21F2NO4/c1-9(2)6-11(14(19)20)18-8-10-4-5-12(22-15(16)17)13(7-10)21-3/h4-5,7,9,11,15,18H,6,8H2,1-3H3,(H,19,20)/t11-/m0/s1. The van der Waals surface area contributed by atoms with Crippen molar-refractivity contribution in [2.24, 2.45) is 5.92 Å². The average Bonchev–Trinajstić information content (AvgIpc) is 2.43. The minimum absolute atomic E-state index is 0.0572. The van der Waals surface area contributed by atoms with Gasteiger partial charge in [-0.05, 0) is 30.0 Å². The van der Waals surface area contributed by atoms with E-state index in [4.69, 9.17) is 9.84 Å². The van der Waals surface area contributed by atoms with Crippen LogP contribution < -0.4 is 14.8 Å². The molecule has 0 heterocycles. The number of carboxylic acids is 1. The monoisotopic (exact) mass is 317 g/mol. The van der Waals surface area contributed by atoms with E-state index in [1.54, 1.807) is 12.1 Å². The van der Waals surface area contributed by atoms with Crippen molar-refractivity contribution in [2.75, 3.05) is 7.11 Å². The van der Waals surface area contributed by atoms with Crippen molar-refractivity contribution in [3.8, 4) is 11.5 Å². The number of nitrogens with one attached hydrogen (secondary N) is 1. The summed E-state index contributed by atoms with van der Waals surface area (Å²) in [4.78, 5) is 11.2. The fraction of sp³-hybridized carbons (Fsp3) is 0.533. The number of methoxy groups -OCH3 is 1. The highest BCUT2D eigenvalue weighted by molar-refractivity contribution is 5.73. The van der Waals surface area contributed by atoms with Gasteiger partial charge in [0.2, 0.25) is 0 Å². The second-order valence-corrected chi connectivity index (χ2v) is 5.26. The summed E-state index contributed by atoms with van der Waals surface area (Å²) in [6, 6.07) is 3.84. The van der Waals surface area contributed by atoms with E-state index in [-0.39, 0.29) is 24.0 Å². The van der Waals surface area contributed by atoms with Crippen molar-refractivity contribution in [2.45, 2.75) is 39.5 Å². The maximum atomic E-state index is 12.2. The van der Waals surface area contributed by atoms with Crippen molar-refractivity contribution in [1.82, 2.24) is 5.32 Å². The predicted molar refractivity (Wildman–Crippen MR) is 77.3 cm³/mol. The molecule has 0 saturated carbocycles. The van der Waals surface area contributed by atoms with Crippen molar-refractivity contribution < 1.29 is 28.2 Å². The van der Waals surface area contributed by atoms with Crippen LogP contribution in [-0.2, 0) is 11.3 Å². The van der Waals surface area contributed by atoms with E-state index in [1.807, 2.05) is 13.8 Å². The van der Waals surface area contributed by atoms with Gasteiger partial charge in [0.25, 0.3) is 0 Å². The zero-order valence-electron chi connectivity index (χ0n) is 12.8. The first-order valence-corrected chi connectivity index (χ1v) is 6.91. The third kappa shape index (κ3) is 5.85. The Balaban J connectivity index is 2.74. The maximum Gasteiger partial charge on any atom is 0.387 e. The van der Waals surface area contributed by atoms with Gasteiger partial charge in [-0.3, -0.25) is 4.79 Å². The topological polar surface area (TPSA) is 67.8 Å².